The van der Waals surface area contributed by atoms with Gasteiger partial charge in [-0.05, 0) is 42.3 Å². The number of benzene rings is 1. The molecule has 1 aliphatic rings. The summed E-state index contributed by atoms with van der Waals surface area (Å²) in [5, 5.41) is 0.130. The van der Waals surface area contributed by atoms with Crippen molar-refractivity contribution in [1.82, 2.24) is 15.0 Å². The van der Waals surface area contributed by atoms with Gasteiger partial charge in [0, 0.05) is 18.7 Å². The third-order valence-corrected chi connectivity index (χ3v) is 3.49. The minimum atomic E-state index is -0.287. The Kier molecular flexibility index (Phi) is 3.98. The van der Waals surface area contributed by atoms with E-state index >= 15 is 0 Å². The second kappa shape index (κ2) is 5.91. The molecule has 1 aliphatic heterocycles. The molecule has 2 aromatic rings. The van der Waals surface area contributed by atoms with E-state index in [4.69, 9.17) is 16.3 Å². The predicted molar refractivity (Wildman–Crippen MR) is 78.0 cm³/mol. The van der Waals surface area contributed by atoms with E-state index in [1.807, 2.05) is 11.8 Å². The lowest BCUT2D eigenvalue weighted by molar-refractivity contribution is 0.122. The molecule has 0 amide bonds. The Morgan fingerprint density at radius 2 is 1.95 bits per heavy atom. The number of halogens is 2. The molecule has 0 saturated carbocycles. The fraction of sp³-hybridized carbons (Fsp3) is 0.357. The van der Waals surface area contributed by atoms with Gasteiger partial charge in [-0.3, -0.25) is 0 Å². The Labute approximate surface area is 126 Å². The van der Waals surface area contributed by atoms with Crippen molar-refractivity contribution in [1.29, 1.82) is 0 Å². The zero-order chi connectivity index (χ0) is 14.8. The molecule has 1 fully saturated rings. The Morgan fingerprint density at radius 3 is 2.67 bits per heavy atom. The summed E-state index contributed by atoms with van der Waals surface area (Å²) in [6, 6.07) is 4.48. The maximum atomic E-state index is 13.2. The molecule has 0 aliphatic carbocycles. The first kappa shape index (κ1) is 14.2. The first-order valence-corrected chi connectivity index (χ1v) is 7.02. The molecular formula is C14H14ClFN4O. The van der Waals surface area contributed by atoms with Crippen LogP contribution in [0.4, 0.5) is 10.3 Å². The summed E-state index contributed by atoms with van der Waals surface area (Å²) >= 11 is 6.01. The van der Waals surface area contributed by atoms with Crippen molar-refractivity contribution < 1.29 is 9.13 Å². The molecule has 1 saturated heterocycles. The molecule has 0 radical (unpaired) electrons. The second-order valence-corrected chi connectivity index (χ2v) is 5.12. The van der Waals surface area contributed by atoms with Crippen molar-refractivity contribution >= 4 is 17.5 Å². The van der Waals surface area contributed by atoms with Gasteiger partial charge < -0.3 is 9.64 Å². The molecule has 0 N–H and O–H groups in total. The highest BCUT2D eigenvalue weighted by Gasteiger charge is 2.17. The number of aromatic nitrogens is 3. The van der Waals surface area contributed by atoms with Gasteiger partial charge in [0.25, 0.3) is 0 Å². The van der Waals surface area contributed by atoms with Crippen molar-refractivity contribution in [2.45, 2.75) is 6.92 Å². The molecule has 0 spiro atoms. The molecule has 1 aromatic carbocycles. The molecule has 2 heterocycles. The zero-order valence-electron chi connectivity index (χ0n) is 11.5. The topological polar surface area (TPSA) is 51.1 Å². The van der Waals surface area contributed by atoms with Gasteiger partial charge in [-0.15, -0.1) is 0 Å². The lowest BCUT2D eigenvalue weighted by atomic mass is 10.1. The molecular weight excluding hydrogens is 295 g/mol. The van der Waals surface area contributed by atoms with E-state index in [-0.39, 0.29) is 11.1 Å². The Morgan fingerprint density at radius 1 is 1.19 bits per heavy atom. The summed E-state index contributed by atoms with van der Waals surface area (Å²) < 4.78 is 18.5. The maximum Gasteiger partial charge on any atom is 0.230 e. The van der Waals surface area contributed by atoms with Crippen molar-refractivity contribution in [3.05, 3.63) is 34.9 Å². The van der Waals surface area contributed by atoms with Gasteiger partial charge in [-0.25, -0.2) is 4.39 Å². The van der Waals surface area contributed by atoms with Crippen molar-refractivity contribution in [2.24, 2.45) is 0 Å². The predicted octanol–water partition coefficient (Wildman–Crippen LogP) is 2.48. The van der Waals surface area contributed by atoms with E-state index in [2.05, 4.69) is 15.0 Å². The van der Waals surface area contributed by atoms with Gasteiger partial charge in [0.15, 0.2) is 5.82 Å². The molecule has 0 bridgehead atoms. The molecule has 1 aromatic heterocycles. The quantitative estimate of drug-likeness (QED) is 0.853. The number of hydrogen-bond acceptors (Lipinski definition) is 5. The van der Waals surface area contributed by atoms with Gasteiger partial charge in [-0.2, -0.15) is 15.0 Å². The molecule has 21 heavy (non-hydrogen) atoms. The van der Waals surface area contributed by atoms with Crippen LogP contribution < -0.4 is 4.90 Å². The number of ether oxygens (including phenoxy) is 1. The van der Waals surface area contributed by atoms with Crippen LogP contribution in [-0.2, 0) is 4.74 Å². The van der Waals surface area contributed by atoms with Crippen molar-refractivity contribution in [3.8, 4) is 11.4 Å². The van der Waals surface area contributed by atoms with E-state index in [9.17, 15) is 4.39 Å². The highest BCUT2D eigenvalue weighted by Crippen LogP contribution is 2.23. The maximum absolute atomic E-state index is 13.2. The van der Waals surface area contributed by atoms with E-state index in [0.717, 1.165) is 11.1 Å². The van der Waals surface area contributed by atoms with Gasteiger partial charge in [-0.1, -0.05) is 0 Å². The molecule has 110 valence electrons. The number of nitrogens with zero attached hydrogens (tertiary/aromatic N) is 4. The highest BCUT2D eigenvalue weighted by atomic mass is 35.5. The molecule has 7 heteroatoms. The lowest BCUT2D eigenvalue weighted by Gasteiger charge is -2.26. The van der Waals surface area contributed by atoms with Crippen LogP contribution >= 0.6 is 11.6 Å². The number of hydrogen-bond donors (Lipinski definition) is 0. The van der Waals surface area contributed by atoms with Crippen LogP contribution in [0, 0.1) is 12.7 Å². The summed E-state index contributed by atoms with van der Waals surface area (Å²) in [6.07, 6.45) is 0. The zero-order valence-corrected chi connectivity index (χ0v) is 12.3. The van der Waals surface area contributed by atoms with Gasteiger partial charge in [0.05, 0.1) is 13.2 Å². The first-order valence-electron chi connectivity index (χ1n) is 6.64. The van der Waals surface area contributed by atoms with Crippen LogP contribution in [0.15, 0.2) is 18.2 Å². The minimum Gasteiger partial charge on any atom is -0.378 e. The summed E-state index contributed by atoms with van der Waals surface area (Å²) in [7, 11) is 0. The fourth-order valence-corrected chi connectivity index (χ4v) is 2.40. The summed E-state index contributed by atoms with van der Waals surface area (Å²) in [4.78, 5) is 14.8. The average molecular weight is 309 g/mol. The number of morpholine rings is 1. The SMILES string of the molecule is Cc1cc(F)ccc1-c1nc(Cl)nc(N2CCOCC2)n1. The van der Waals surface area contributed by atoms with Crippen LogP contribution in [0.1, 0.15) is 5.56 Å². The van der Waals surface area contributed by atoms with Crippen molar-refractivity contribution in [3.63, 3.8) is 0 Å². The smallest absolute Gasteiger partial charge is 0.230 e. The monoisotopic (exact) mass is 308 g/mol. The minimum absolute atomic E-state index is 0.130. The van der Waals surface area contributed by atoms with Gasteiger partial charge in [0.1, 0.15) is 5.82 Å². The molecule has 0 unspecified atom stereocenters. The molecule has 0 atom stereocenters. The largest absolute Gasteiger partial charge is 0.378 e. The summed E-state index contributed by atoms with van der Waals surface area (Å²) in [6.45, 7) is 4.50. The van der Waals surface area contributed by atoms with E-state index < -0.39 is 0 Å². The second-order valence-electron chi connectivity index (χ2n) is 4.79. The van der Waals surface area contributed by atoms with Crippen LogP contribution in [-0.4, -0.2) is 41.3 Å². The fourth-order valence-electron chi connectivity index (χ4n) is 2.24. The van der Waals surface area contributed by atoms with Crippen LogP contribution in [0.5, 0.6) is 0 Å². The van der Waals surface area contributed by atoms with E-state index in [0.29, 0.717) is 38.1 Å². The normalized spacial score (nSPS) is 15.3. The third-order valence-electron chi connectivity index (χ3n) is 3.32. The Hall–Kier alpha value is -1.79. The number of anilines is 1. The van der Waals surface area contributed by atoms with Crippen LogP contribution in [0.2, 0.25) is 5.28 Å². The summed E-state index contributed by atoms with van der Waals surface area (Å²) in [5.74, 6) is 0.691. The Balaban J connectivity index is 2.00. The van der Waals surface area contributed by atoms with Crippen molar-refractivity contribution in [2.75, 3.05) is 31.2 Å². The molecule has 5 nitrogen and oxygen atoms in total. The Bertz CT molecular complexity index is 661. The highest BCUT2D eigenvalue weighted by molar-refractivity contribution is 6.28. The summed E-state index contributed by atoms with van der Waals surface area (Å²) in [5.41, 5.74) is 1.50. The standard InChI is InChI=1S/C14H14ClFN4O/c1-9-8-10(16)2-3-11(9)12-17-13(15)19-14(18-12)20-4-6-21-7-5-20/h2-3,8H,4-7H2,1H3. The van der Waals surface area contributed by atoms with Crippen LogP contribution in [0.3, 0.4) is 0 Å². The lowest BCUT2D eigenvalue weighted by Crippen LogP contribution is -2.37. The van der Waals surface area contributed by atoms with E-state index in [1.54, 1.807) is 6.07 Å². The number of rotatable bonds is 2. The van der Waals surface area contributed by atoms with Crippen LogP contribution in [0.25, 0.3) is 11.4 Å². The molecule has 3 rings (SSSR count). The average Bonchev–Trinajstić information content (AvgIpc) is 2.47. The first-order chi connectivity index (χ1) is 10.1. The van der Waals surface area contributed by atoms with Gasteiger partial charge >= 0.3 is 0 Å². The van der Waals surface area contributed by atoms with Gasteiger partial charge in [0.2, 0.25) is 11.2 Å². The third kappa shape index (κ3) is 3.11. The van der Waals surface area contributed by atoms with E-state index in [1.165, 1.54) is 12.1 Å². The number of aryl methyl sites for hydroxylation is 1.